The lowest BCUT2D eigenvalue weighted by Gasteiger charge is -2.31. The molecule has 0 spiro atoms. The molecule has 2 aromatic carbocycles. The topological polar surface area (TPSA) is 42.3 Å². The van der Waals surface area contributed by atoms with E-state index in [-0.39, 0.29) is 5.54 Å². The first-order valence-corrected chi connectivity index (χ1v) is 9.91. The number of aromatic nitrogens is 1. The lowest BCUT2D eigenvalue weighted by Crippen LogP contribution is -2.37. The molecule has 25 heavy (non-hydrogen) atoms. The minimum atomic E-state index is -3.63. The number of fused-ring (bicyclic) bond motifs is 3. The Bertz CT molecular complexity index is 1040. The van der Waals surface area contributed by atoms with Gasteiger partial charge in [0.2, 0.25) is 0 Å². The number of benzene rings is 2. The molecule has 0 N–H and O–H groups in total. The van der Waals surface area contributed by atoms with Gasteiger partial charge in [-0.1, -0.05) is 36.4 Å². The molecule has 0 bridgehead atoms. The van der Waals surface area contributed by atoms with Crippen molar-refractivity contribution in [3.05, 3.63) is 65.9 Å². The van der Waals surface area contributed by atoms with Crippen LogP contribution in [0.2, 0.25) is 0 Å². The highest BCUT2D eigenvalue weighted by Crippen LogP contribution is 2.38. The van der Waals surface area contributed by atoms with E-state index in [1.54, 1.807) is 28.2 Å². The molecule has 3 aromatic rings. The zero-order chi connectivity index (χ0) is 17.8. The number of rotatable bonds is 2. The minimum Gasteiger partial charge on any atom is -0.288 e. The zero-order valence-electron chi connectivity index (χ0n) is 14.7. The molecular formula is C20H22N2O2S. The molecule has 1 aliphatic rings. The third kappa shape index (κ3) is 2.50. The normalized spacial score (nSPS) is 15.6. The van der Waals surface area contributed by atoms with Gasteiger partial charge < -0.3 is 0 Å². The van der Waals surface area contributed by atoms with Crippen LogP contribution in [0.4, 0.5) is 0 Å². The van der Waals surface area contributed by atoms with Crippen molar-refractivity contribution in [1.29, 1.82) is 0 Å². The van der Waals surface area contributed by atoms with Gasteiger partial charge in [-0.15, -0.1) is 0 Å². The second-order valence-electron chi connectivity index (χ2n) is 7.55. The summed E-state index contributed by atoms with van der Waals surface area (Å²) in [5.41, 5.74) is 2.77. The molecule has 1 aliphatic heterocycles. The van der Waals surface area contributed by atoms with Crippen molar-refractivity contribution in [2.75, 3.05) is 0 Å². The molecule has 0 amide bonds. The number of hydrogen-bond acceptors (Lipinski definition) is 3. The van der Waals surface area contributed by atoms with E-state index in [1.165, 1.54) is 0 Å². The Balaban J connectivity index is 1.98. The average molecular weight is 354 g/mol. The number of hydrogen-bond donors (Lipinski definition) is 0. The molecule has 0 saturated heterocycles. The van der Waals surface area contributed by atoms with Crippen LogP contribution in [-0.2, 0) is 23.1 Å². The highest BCUT2D eigenvalue weighted by Gasteiger charge is 2.35. The second-order valence-corrected chi connectivity index (χ2v) is 9.34. The lowest BCUT2D eigenvalue weighted by molar-refractivity contribution is 0.135. The molecule has 2 heterocycles. The van der Waals surface area contributed by atoms with Crippen LogP contribution in [0.1, 0.15) is 32.0 Å². The Labute approximate surface area is 148 Å². The molecule has 4 nitrogen and oxygen atoms in total. The quantitative estimate of drug-likeness (QED) is 0.699. The van der Waals surface area contributed by atoms with Crippen molar-refractivity contribution >= 4 is 20.9 Å². The SMILES string of the molecule is CC(C)(C)N1Cc2c(n(S(=O)(=O)c3ccccc3)c3ccccc23)C1. The second kappa shape index (κ2) is 5.44. The van der Waals surface area contributed by atoms with Crippen LogP contribution in [0, 0.1) is 0 Å². The summed E-state index contributed by atoms with van der Waals surface area (Å²) in [7, 11) is -3.63. The van der Waals surface area contributed by atoms with Gasteiger partial charge in [0.05, 0.1) is 16.1 Å². The molecule has 4 rings (SSSR count). The monoisotopic (exact) mass is 354 g/mol. The van der Waals surface area contributed by atoms with Crippen LogP contribution in [0.3, 0.4) is 0 Å². The van der Waals surface area contributed by atoms with Gasteiger partial charge in [0, 0.05) is 24.0 Å². The third-order valence-corrected chi connectivity index (χ3v) is 6.73. The Morgan fingerprint density at radius 2 is 1.52 bits per heavy atom. The van der Waals surface area contributed by atoms with Gasteiger partial charge in [0.25, 0.3) is 10.0 Å². The molecule has 130 valence electrons. The summed E-state index contributed by atoms with van der Waals surface area (Å²) in [4.78, 5) is 2.65. The largest absolute Gasteiger partial charge is 0.288 e. The maximum atomic E-state index is 13.4. The van der Waals surface area contributed by atoms with Crippen LogP contribution < -0.4 is 0 Å². The van der Waals surface area contributed by atoms with Gasteiger partial charge in [0.15, 0.2) is 0 Å². The molecule has 0 radical (unpaired) electrons. The number of nitrogens with zero attached hydrogens (tertiary/aromatic N) is 2. The van der Waals surface area contributed by atoms with E-state index >= 15 is 0 Å². The summed E-state index contributed by atoms with van der Waals surface area (Å²) in [6.07, 6.45) is 0. The summed E-state index contributed by atoms with van der Waals surface area (Å²) in [6.45, 7) is 7.90. The fraction of sp³-hybridized carbons (Fsp3) is 0.300. The first-order valence-electron chi connectivity index (χ1n) is 8.47. The fourth-order valence-electron chi connectivity index (χ4n) is 3.54. The highest BCUT2D eigenvalue weighted by molar-refractivity contribution is 7.90. The molecule has 0 atom stereocenters. The van der Waals surface area contributed by atoms with Gasteiger partial charge in [-0.05, 0) is 44.5 Å². The minimum absolute atomic E-state index is 0.0124. The third-order valence-electron chi connectivity index (χ3n) is 4.96. The number of para-hydroxylation sites is 1. The Morgan fingerprint density at radius 1 is 0.880 bits per heavy atom. The molecule has 0 unspecified atom stereocenters. The molecule has 5 heteroatoms. The summed E-state index contributed by atoms with van der Waals surface area (Å²) < 4.78 is 28.3. The van der Waals surface area contributed by atoms with Crippen molar-refractivity contribution in [3.8, 4) is 0 Å². The van der Waals surface area contributed by atoms with Crippen molar-refractivity contribution in [1.82, 2.24) is 8.87 Å². The van der Waals surface area contributed by atoms with Crippen LogP contribution in [0.25, 0.3) is 10.9 Å². The Morgan fingerprint density at radius 3 is 2.20 bits per heavy atom. The molecule has 1 aromatic heterocycles. The van der Waals surface area contributed by atoms with E-state index in [0.717, 1.165) is 28.7 Å². The highest BCUT2D eigenvalue weighted by atomic mass is 32.2. The van der Waals surface area contributed by atoms with Gasteiger partial charge >= 0.3 is 0 Å². The predicted octanol–water partition coefficient (Wildman–Crippen LogP) is 3.99. The van der Waals surface area contributed by atoms with E-state index in [9.17, 15) is 8.42 Å². The van der Waals surface area contributed by atoms with Gasteiger partial charge in [-0.25, -0.2) is 12.4 Å². The van der Waals surface area contributed by atoms with Gasteiger partial charge in [0.1, 0.15) is 0 Å². The summed E-state index contributed by atoms with van der Waals surface area (Å²) in [5, 5.41) is 1.03. The summed E-state index contributed by atoms with van der Waals surface area (Å²) in [5.74, 6) is 0. The predicted molar refractivity (Wildman–Crippen MR) is 100.0 cm³/mol. The van der Waals surface area contributed by atoms with Crippen LogP contribution in [0.5, 0.6) is 0 Å². The van der Waals surface area contributed by atoms with Crippen LogP contribution in [-0.4, -0.2) is 22.8 Å². The first-order chi connectivity index (χ1) is 11.8. The van der Waals surface area contributed by atoms with Gasteiger partial charge in [-0.2, -0.15) is 0 Å². The Kier molecular flexibility index (Phi) is 3.56. The van der Waals surface area contributed by atoms with Gasteiger partial charge in [-0.3, -0.25) is 4.90 Å². The van der Waals surface area contributed by atoms with E-state index in [0.29, 0.717) is 11.4 Å². The van der Waals surface area contributed by atoms with Crippen LogP contribution >= 0.6 is 0 Å². The lowest BCUT2D eigenvalue weighted by atomic mass is 10.1. The maximum absolute atomic E-state index is 13.4. The Hall–Kier alpha value is -2.11. The smallest absolute Gasteiger partial charge is 0.268 e. The molecule has 0 fully saturated rings. The fourth-order valence-corrected chi connectivity index (χ4v) is 5.13. The van der Waals surface area contributed by atoms with E-state index in [4.69, 9.17) is 0 Å². The van der Waals surface area contributed by atoms with Crippen molar-refractivity contribution in [2.45, 2.75) is 44.3 Å². The molecular weight excluding hydrogens is 332 g/mol. The maximum Gasteiger partial charge on any atom is 0.268 e. The van der Waals surface area contributed by atoms with E-state index < -0.39 is 10.0 Å². The van der Waals surface area contributed by atoms with Crippen LogP contribution in [0.15, 0.2) is 59.5 Å². The molecule has 0 aliphatic carbocycles. The molecule has 0 saturated carbocycles. The average Bonchev–Trinajstić information content (AvgIpc) is 3.12. The summed E-state index contributed by atoms with van der Waals surface area (Å²) >= 11 is 0. The first kappa shape index (κ1) is 16.4. The van der Waals surface area contributed by atoms with Crippen molar-refractivity contribution in [3.63, 3.8) is 0 Å². The van der Waals surface area contributed by atoms with Crippen molar-refractivity contribution in [2.24, 2.45) is 0 Å². The zero-order valence-corrected chi connectivity index (χ0v) is 15.5. The van der Waals surface area contributed by atoms with E-state index in [1.807, 2.05) is 30.3 Å². The summed E-state index contributed by atoms with van der Waals surface area (Å²) in [6, 6.07) is 16.5. The van der Waals surface area contributed by atoms with Crippen molar-refractivity contribution < 1.29 is 8.42 Å². The van der Waals surface area contributed by atoms with E-state index in [2.05, 4.69) is 25.7 Å². The standard InChI is InChI=1S/C20H22N2O2S/c1-20(2,3)21-13-17-16-11-7-8-12-18(16)22(19(17)14-21)25(23,24)15-9-5-4-6-10-15/h4-12H,13-14H2,1-3H3.